The molecular formula is C27H33N9O. The molecule has 4 aromatic rings. The predicted octanol–water partition coefficient (Wildman–Crippen LogP) is 3.64. The molecule has 0 spiro atoms. The Morgan fingerprint density at radius 3 is 2.78 bits per heavy atom. The minimum atomic E-state index is -0.384. The van der Waals surface area contributed by atoms with E-state index in [9.17, 15) is 4.79 Å². The van der Waals surface area contributed by atoms with Crippen LogP contribution in [0.2, 0.25) is 0 Å². The second-order valence-electron chi connectivity index (χ2n) is 10.1. The van der Waals surface area contributed by atoms with E-state index in [0.29, 0.717) is 5.95 Å². The summed E-state index contributed by atoms with van der Waals surface area (Å²) >= 11 is 0. The third-order valence-corrected chi connectivity index (χ3v) is 7.69. The van der Waals surface area contributed by atoms with Crippen LogP contribution < -0.4 is 10.6 Å². The molecule has 0 bridgehead atoms. The molecule has 3 N–H and O–H groups in total. The average molecular weight is 500 g/mol. The summed E-state index contributed by atoms with van der Waals surface area (Å²) in [4.78, 5) is 30.0. The van der Waals surface area contributed by atoms with Crippen molar-refractivity contribution >= 4 is 34.4 Å². The van der Waals surface area contributed by atoms with Crippen LogP contribution in [0.4, 0.5) is 17.5 Å². The first kappa shape index (κ1) is 23.5. The molecule has 6 rings (SSSR count). The van der Waals surface area contributed by atoms with E-state index in [4.69, 9.17) is 4.98 Å². The zero-order valence-corrected chi connectivity index (χ0v) is 21.5. The van der Waals surface area contributed by atoms with Gasteiger partial charge in [-0.2, -0.15) is 15.1 Å². The zero-order valence-electron chi connectivity index (χ0n) is 21.5. The van der Waals surface area contributed by atoms with Crippen molar-refractivity contribution in [1.29, 1.82) is 0 Å². The van der Waals surface area contributed by atoms with Crippen molar-refractivity contribution in [3.63, 3.8) is 0 Å². The topological polar surface area (TPSA) is 107 Å². The molecule has 2 atom stereocenters. The van der Waals surface area contributed by atoms with E-state index >= 15 is 0 Å². The Balaban J connectivity index is 1.23. The molecule has 1 saturated heterocycles. The van der Waals surface area contributed by atoms with Crippen LogP contribution in [-0.4, -0.2) is 73.7 Å². The average Bonchev–Trinajstić information content (AvgIpc) is 3.63. The third kappa shape index (κ3) is 4.42. The van der Waals surface area contributed by atoms with Crippen LogP contribution in [0.25, 0.3) is 11.0 Å². The molecule has 0 radical (unpaired) electrons. The lowest BCUT2D eigenvalue weighted by molar-refractivity contribution is -0.136. The van der Waals surface area contributed by atoms with Gasteiger partial charge in [-0.15, -0.1) is 0 Å². The first-order chi connectivity index (χ1) is 18.0. The molecule has 1 aliphatic carbocycles. The molecule has 1 aliphatic heterocycles. The number of carbonyl (C=O) groups excluding carboxylic acids is 1. The molecule has 2 aliphatic rings. The van der Waals surface area contributed by atoms with Crippen LogP contribution in [0.3, 0.4) is 0 Å². The van der Waals surface area contributed by atoms with Gasteiger partial charge in [-0.05, 0) is 50.9 Å². The summed E-state index contributed by atoms with van der Waals surface area (Å²) < 4.78 is 1.78. The van der Waals surface area contributed by atoms with E-state index in [1.165, 1.54) is 11.1 Å². The monoisotopic (exact) mass is 499 g/mol. The number of aryl methyl sites for hydroxylation is 1. The number of H-pyrrole nitrogens is 1. The Morgan fingerprint density at radius 1 is 1.14 bits per heavy atom. The van der Waals surface area contributed by atoms with E-state index < -0.39 is 0 Å². The van der Waals surface area contributed by atoms with Gasteiger partial charge in [0.2, 0.25) is 11.9 Å². The summed E-state index contributed by atoms with van der Waals surface area (Å²) in [6.07, 6.45) is 5.71. The number of likely N-dealkylation sites (N-methyl/N-ethyl adjacent to an activating group) is 1. The number of hydrogen-bond donors (Lipinski definition) is 3. The van der Waals surface area contributed by atoms with Gasteiger partial charge in [0.1, 0.15) is 17.5 Å². The Morgan fingerprint density at radius 2 is 1.95 bits per heavy atom. The lowest BCUT2D eigenvalue weighted by Crippen LogP contribution is -2.49. The molecule has 192 valence electrons. The Labute approximate surface area is 216 Å². The first-order valence-electron chi connectivity index (χ1n) is 13.0. The highest BCUT2D eigenvalue weighted by Crippen LogP contribution is 2.35. The normalized spacial score (nSPS) is 18.7. The van der Waals surface area contributed by atoms with Crippen LogP contribution in [-0.2, 0) is 11.2 Å². The van der Waals surface area contributed by atoms with E-state index in [0.717, 1.165) is 67.3 Å². The number of nitrogens with zero attached hydrogens (tertiary/aromatic N) is 6. The number of rotatable bonds is 6. The highest BCUT2D eigenvalue weighted by atomic mass is 16.2. The molecule has 37 heavy (non-hydrogen) atoms. The summed E-state index contributed by atoms with van der Waals surface area (Å²) in [7, 11) is 2.08. The van der Waals surface area contributed by atoms with E-state index in [1.54, 1.807) is 10.9 Å². The Hall–Kier alpha value is -3.92. The summed E-state index contributed by atoms with van der Waals surface area (Å²) in [6.45, 7) is 7.15. The smallest absolute Gasteiger partial charge is 0.247 e. The van der Waals surface area contributed by atoms with Gasteiger partial charge in [-0.3, -0.25) is 9.48 Å². The van der Waals surface area contributed by atoms with Crippen molar-refractivity contribution in [2.45, 2.75) is 38.8 Å². The lowest BCUT2D eigenvalue weighted by atomic mass is 10.1. The number of hydrogen-bond acceptors (Lipinski definition) is 7. The number of benzene rings is 1. The van der Waals surface area contributed by atoms with Crippen LogP contribution in [0.1, 0.15) is 42.2 Å². The second kappa shape index (κ2) is 9.51. The zero-order chi connectivity index (χ0) is 25.5. The van der Waals surface area contributed by atoms with Gasteiger partial charge in [0.15, 0.2) is 0 Å². The number of piperazine rings is 1. The number of nitrogens with one attached hydrogen (secondary N) is 3. The highest BCUT2D eigenvalue weighted by Gasteiger charge is 2.27. The van der Waals surface area contributed by atoms with Crippen molar-refractivity contribution in [3.05, 3.63) is 59.5 Å². The number of aromatic nitrogens is 5. The van der Waals surface area contributed by atoms with Crippen molar-refractivity contribution in [2.75, 3.05) is 43.9 Å². The third-order valence-electron chi connectivity index (χ3n) is 7.69. The molecule has 1 amide bonds. The molecule has 1 fully saturated rings. The van der Waals surface area contributed by atoms with Gasteiger partial charge < -0.3 is 25.4 Å². The number of fused-ring (bicyclic) bond motifs is 2. The van der Waals surface area contributed by atoms with Crippen LogP contribution in [0.5, 0.6) is 0 Å². The Bertz CT molecular complexity index is 1430. The Kier molecular flexibility index (Phi) is 6.03. The number of carbonyl (C=O) groups is 1. The number of aromatic amines is 1. The largest absolute Gasteiger partial charge is 0.363 e. The van der Waals surface area contributed by atoms with Gasteiger partial charge >= 0.3 is 0 Å². The maximum absolute atomic E-state index is 13.1. The summed E-state index contributed by atoms with van der Waals surface area (Å²) in [5.74, 6) is 1.36. The quantitative estimate of drug-likeness (QED) is 0.372. The number of anilines is 3. The van der Waals surface area contributed by atoms with E-state index in [1.807, 2.05) is 31.0 Å². The van der Waals surface area contributed by atoms with Crippen molar-refractivity contribution in [2.24, 2.45) is 0 Å². The standard InChI is InChI=1S/C27H33N9O/c1-17-23(16-29-36(17)18(2)26(37)35-14-12-34(3)13-15-35)31-27-32-24-21(10-11-28-24)25(33-27)30-22-9-8-19-6-4-5-7-20(19)22/h4-7,10-11,16,18,22H,8-9,12-15H2,1-3H3,(H3,28,30,31,32,33)/t18?,22-/m0/s1. The fourth-order valence-corrected chi connectivity index (χ4v) is 5.43. The fraction of sp³-hybridized carbons (Fsp3) is 0.407. The van der Waals surface area contributed by atoms with Crippen LogP contribution in [0.15, 0.2) is 42.7 Å². The van der Waals surface area contributed by atoms with Crippen LogP contribution >= 0.6 is 0 Å². The van der Waals surface area contributed by atoms with Crippen molar-refractivity contribution < 1.29 is 4.79 Å². The second-order valence-corrected chi connectivity index (χ2v) is 10.1. The molecule has 1 aromatic carbocycles. The van der Waals surface area contributed by atoms with Gasteiger partial charge in [-0.25, -0.2) is 0 Å². The van der Waals surface area contributed by atoms with Crippen molar-refractivity contribution in [1.82, 2.24) is 34.5 Å². The minimum Gasteiger partial charge on any atom is -0.363 e. The van der Waals surface area contributed by atoms with E-state index in [2.05, 4.69) is 61.9 Å². The minimum absolute atomic E-state index is 0.0956. The van der Waals surface area contributed by atoms with Crippen LogP contribution in [0, 0.1) is 6.92 Å². The summed E-state index contributed by atoms with van der Waals surface area (Å²) in [6, 6.07) is 10.4. The van der Waals surface area contributed by atoms with Gasteiger partial charge in [-0.1, -0.05) is 24.3 Å². The molecular weight excluding hydrogens is 466 g/mol. The summed E-state index contributed by atoms with van der Waals surface area (Å²) in [5, 5.41) is 12.5. The van der Waals surface area contributed by atoms with Gasteiger partial charge in [0, 0.05) is 32.4 Å². The molecule has 4 heterocycles. The van der Waals surface area contributed by atoms with Gasteiger partial charge in [0.05, 0.1) is 29.0 Å². The molecule has 3 aromatic heterocycles. The van der Waals surface area contributed by atoms with Gasteiger partial charge in [0.25, 0.3) is 0 Å². The molecule has 10 nitrogen and oxygen atoms in total. The molecule has 1 unspecified atom stereocenters. The number of amides is 1. The maximum Gasteiger partial charge on any atom is 0.247 e. The SMILES string of the molecule is Cc1c(Nc2nc(N[C@H]3CCc4ccccc43)c3cc[nH]c3n2)cnn1C(C)C(=O)N1CCN(C)CC1. The fourth-order valence-electron chi connectivity index (χ4n) is 5.43. The molecule has 10 heteroatoms. The van der Waals surface area contributed by atoms with E-state index in [-0.39, 0.29) is 18.0 Å². The molecule has 0 saturated carbocycles. The van der Waals surface area contributed by atoms with Crippen molar-refractivity contribution in [3.8, 4) is 0 Å². The highest BCUT2D eigenvalue weighted by molar-refractivity contribution is 5.88. The first-order valence-corrected chi connectivity index (χ1v) is 13.0. The maximum atomic E-state index is 13.1. The summed E-state index contributed by atoms with van der Waals surface area (Å²) in [5.41, 5.74) is 5.12. The predicted molar refractivity (Wildman–Crippen MR) is 144 cm³/mol. The lowest BCUT2D eigenvalue weighted by Gasteiger charge is -2.34.